The number of benzene rings is 1. The summed E-state index contributed by atoms with van der Waals surface area (Å²) in [6, 6.07) is 6.60. The van der Waals surface area contributed by atoms with Crippen LogP contribution in [0.15, 0.2) is 42.9 Å². The van der Waals surface area contributed by atoms with Gasteiger partial charge in [0.05, 0.1) is 17.6 Å². The van der Waals surface area contributed by atoms with Crippen molar-refractivity contribution in [3.63, 3.8) is 0 Å². The molecule has 1 fully saturated rings. The first kappa shape index (κ1) is 15.6. The van der Waals surface area contributed by atoms with Gasteiger partial charge in [-0.25, -0.2) is 13.1 Å². The first-order valence-corrected chi connectivity index (χ1v) is 9.10. The standard InChI is InChI=1S/C16H17N3O3S/c20-16(19-23(21,22)11-12-2-1-3-12)14-6-4-13(5-7-14)15-10-17-8-9-18-15/h4-10,12H,1-3,11H2,(H,19,20). The van der Waals surface area contributed by atoms with Gasteiger partial charge >= 0.3 is 0 Å². The van der Waals surface area contributed by atoms with Gasteiger partial charge < -0.3 is 0 Å². The number of nitrogens with one attached hydrogen (secondary N) is 1. The Hall–Kier alpha value is -2.28. The van der Waals surface area contributed by atoms with Crippen molar-refractivity contribution >= 4 is 15.9 Å². The smallest absolute Gasteiger partial charge is 0.264 e. The number of carbonyl (C=O) groups excluding carboxylic acids is 1. The van der Waals surface area contributed by atoms with Crippen molar-refractivity contribution in [2.24, 2.45) is 5.92 Å². The maximum atomic E-state index is 12.1. The van der Waals surface area contributed by atoms with E-state index in [1.807, 2.05) is 0 Å². The van der Waals surface area contributed by atoms with Crippen LogP contribution in [0.25, 0.3) is 11.3 Å². The molecule has 1 aliphatic carbocycles. The number of aromatic nitrogens is 2. The largest absolute Gasteiger partial charge is 0.268 e. The molecule has 0 radical (unpaired) electrons. The van der Waals surface area contributed by atoms with Gasteiger partial charge in [0.1, 0.15) is 0 Å². The van der Waals surface area contributed by atoms with Crippen molar-refractivity contribution in [2.45, 2.75) is 19.3 Å². The van der Waals surface area contributed by atoms with Crippen molar-refractivity contribution in [1.82, 2.24) is 14.7 Å². The zero-order valence-corrected chi connectivity index (χ0v) is 13.3. The molecule has 0 aliphatic heterocycles. The molecular formula is C16H17N3O3S. The molecule has 1 aliphatic rings. The van der Waals surface area contributed by atoms with Crippen molar-refractivity contribution in [1.29, 1.82) is 0 Å². The SMILES string of the molecule is O=C(NS(=O)(=O)CC1CCC1)c1ccc(-c2cnccn2)cc1. The number of carbonyl (C=O) groups is 1. The second-order valence-corrected chi connectivity index (χ2v) is 7.44. The Kier molecular flexibility index (Phi) is 4.38. The number of rotatable bonds is 5. The fourth-order valence-electron chi connectivity index (χ4n) is 2.45. The van der Waals surface area contributed by atoms with Crippen molar-refractivity contribution in [2.75, 3.05) is 5.75 Å². The van der Waals surface area contributed by atoms with E-state index in [0.717, 1.165) is 24.8 Å². The van der Waals surface area contributed by atoms with Crippen LogP contribution in [0.4, 0.5) is 0 Å². The van der Waals surface area contributed by atoms with Crippen LogP contribution in [0.2, 0.25) is 0 Å². The lowest BCUT2D eigenvalue weighted by atomic mass is 9.87. The predicted octanol–water partition coefficient (Wildman–Crippen LogP) is 2.00. The highest BCUT2D eigenvalue weighted by atomic mass is 32.2. The highest BCUT2D eigenvalue weighted by Gasteiger charge is 2.26. The molecular weight excluding hydrogens is 314 g/mol. The van der Waals surface area contributed by atoms with Crippen LogP contribution >= 0.6 is 0 Å². The molecule has 1 aromatic carbocycles. The van der Waals surface area contributed by atoms with Crippen LogP contribution in [0, 0.1) is 5.92 Å². The van der Waals surface area contributed by atoms with Crippen LogP contribution in [-0.4, -0.2) is 30.0 Å². The van der Waals surface area contributed by atoms with Gasteiger partial charge in [-0.05, 0) is 30.9 Å². The maximum Gasteiger partial charge on any atom is 0.264 e. The minimum absolute atomic E-state index is 0.0242. The summed E-state index contributed by atoms with van der Waals surface area (Å²) in [6.45, 7) is 0. The van der Waals surface area contributed by atoms with Crippen molar-refractivity contribution in [3.8, 4) is 11.3 Å². The van der Waals surface area contributed by atoms with E-state index in [9.17, 15) is 13.2 Å². The third-order valence-corrected chi connectivity index (χ3v) is 5.34. The van der Waals surface area contributed by atoms with E-state index in [-0.39, 0.29) is 11.7 Å². The Morgan fingerprint density at radius 2 is 1.91 bits per heavy atom. The molecule has 2 aromatic rings. The molecule has 0 unspecified atom stereocenters. The average Bonchev–Trinajstić information content (AvgIpc) is 2.52. The third kappa shape index (κ3) is 3.92. The molecule has 1 amide bonds. The summed E-state index contributed by atoms with van der Waals surface area (Å²) in [6.07, 6.45) is 7.70. The molecule has 120 valence electrons. The summed E-state index contributed by atoms with van der Waals surface area (Å²) in [5, 5.41) is 0. The number of hydrogen-bond donors (Lipinski definition) is 1. The zero-order chi connectivity index (χ0) is 16.3. The van der Waals surface area contributed by atoms with Gasteiger partial charge in [0, 0.05) is 23.5 Å². The zero-order valence-electron chi connectivity index (χ0n) is 12.5. The Morgan fingerprint density at radius 3 is 2.48 bits per heavy atom. The summed E-state index contributed by atoms with van der Waals surface area (Å²) in [4.78, 5) is 20.2. The second-order valence-electron chi connectivity index (χ2n) is 5.68. The first-order chi connectivity index (χ1) is 11.0. The maximum absolute atomic E-state index is 12.1. The van der Waals surface area contributed by atoms with Crippen LogP contribution in [0.3, 0.4) is 0 Å². The van der Waals surface area contributed by atoms with Crippen LogP contribution in [0.5, 0.6) is 0 Å². The third-order valence-electron chi connectivity index (χ3n) is 3.93. The lowest BCUT2D eigenvalue weighted by Gasteiger charge is -2.24. The van der Waals surface area contributed by atoms with Gasteiger partial charge in [0.25, 0.3) is 5.91 Å². The summed E-state index contributed by atoms with van der Waals surface area (Å²) in [5.41, 5.74) is 1.80. The van der Waals surface area contributed by atoms with Crippen molar-refractivity contribution < 1.29 is 13.2 Å². The summed E-state index contributed by atoms with van der Waals surface area (Å²) < 4.78 is 26.0. The summed E-state index contributed by atoms with van der Waals surface area (Å²) in [5.74, 6) is -0.398. The number of nitrogens with zero attached hydrogens (tertiary/aromatic N) is 2. The molecule has 6 nitrogen and oxygen atoms in total. The molecule has 1 N–H and O–H groups in total. The summed E-state index contributed by atoms with van der Waals surface area (Å²) >= 11 is 0. The highest BCUT2D eigenvalue weighted by Crippen LogP contribution is 2.27. The molecule has 0 saturated heterocycles. The van der Waals surface area contributed by atoms with Gasteiger partial charge in [-0.3, -0.25) is 14.8 Å². The lowest BCUT2D eigenvalue weighted by Crippen LogP contribution is -2.36. The number of sulfonamides is 1. The van der Waals surface area contributed by atoms with Crippen molar-refractivity contribution in [3.05, 3.63) is 48.4 Å². The monoisotopic (exact) mass is 331 g/mol. The van der Waals surface area contributed by atoms with E-state index in [2.05, 4.69) is 14.7 Å². The number of amides is 1. The fraction of sp³-hybridized carbons (Fsp3) is 0.312. The van der Waals surface area contributed by atoms with Crippen LogP contribution in [-0.2, 0) is 10.0 Å². The molecule has 0 spiro atoms. The summed E-state index contributed by atoms with van der Waals surface area (Å²) in [7, 11) is -3.57. The van der Waals surface area contributed by atoms with E-state index >= 15 is 0 Å². The minimum atomic E-state index is -3.57. The van der Waals surface area contributed by atoms with Crippen LogP contribution in [0.1, 0.15) is 29.6 Å². The molecule has 1 aromatic heterocycles. The van der Waals surface area contributed by atoms with Gasteiger partial charge in [-0.2, -0.15) is 0 Å². The minimum Gasteiger partial charge on any atom is -0.268 e. The molecule has 23 heavy (non-hydrogen) atoms. The highest BCUT2D eigenvalue weighted by molar-refractivity contribution is 7.90. The molecule has 0 atom stereocenters. The quantitative estimate of drug-likeness (QED) is 0.905. The van der Waals surface area contributed by atoms with E-state index in [1.54, 1.807) is 42.9 Å². The Bertz CT molecular complexity index is 785. The Morgan fingerprint density at radius 1 is 1.17 bits per heavy atom. The second kappa shape index (κ2) is 6.45. The van der Waals surface area contributed by atoms with Gasteiger partial charge in [-0.15, -0.1) is 0 Å². The Labute approximate surface area is 135 Å². The predicted molar refractivity (Wildman–Crippen MR) is 86.1 cm³/mol. The first-order valence-electron chi connectivity index (χ1n) is 7.45. The fourth-order valence-corrected chi connectivity index (χ4v) is 3.89. The normalized spacial score (nSPS) is 15.0. The van der Waals surface area contributed by atoms with Crippen LogP contribution < -0.4 is 4.72 Å². The van der Waals surface area contributed by atoms with Gasteiger partial charge in [-0.1, -0.05) is 18.6 Å². The van der Waals surface area contributed by atoms with E-state index < -0.39 is 15.9 Å². The average molecular weight is 331 g/mol. The van der Waals surface area contributed by atoms with E-state index in [4.69, 9.17) is 0 Å². The molecule has 0 bridgehead atoms. The van der Waals surface area contributed by atoms with Gasteiger partial charge in [0.2, 0.25) is 10.0 Å². The molecule has 3 rings (SSSR count). The number of hydrogen-bond acceptors (Lipinski definition) is 5. The van der Waals surface area contributed by atoms with E-state index in [1.165, 1.54) is 0 Å². The van der Waals surface area contributed by atoms with Gasteiger partial charge in [0.15, 0.2) is 0 Å². The topological polar surface area (TPSA) is 89.0 Å². The lowest BCUT2D eigenvalue weighted by molar-refractivity contribution is 0.0981. The molecule has 1 heterocycles. The van der Waals surface area contributed by atoms with E-state index in [0.29, 0.717) is 11.3 Å². The Balaban J connectivity index is 1.68. The molecule has 1 saturated carbocycles. The molecule has 7 heteroatoms.